The summed E-state index contributed by atoms with van der Waals surface area (Å²) < 4.78 is 51.3. The summed E-state index contributed by atoms with van der Waals surface area (Å²) in [6.45, 7) is 0.733. The summed E-state index contributed by atoms with van der Waals surface area (Å²) in [4.78, 5) is 21.5. The molecule has 5 aromatic rings. The molecule has 0 aliphatic carbocycles. The number of alkyl halides is 2. The van der Waals surface area contributed by atoms with Gasteiger partial charge < -0.3 is 24.3 Å². The van der Waals surface area contributed by atoms with E-state index in [9.17, 15) is 13.6 Å². The van der Waals surface area contributed by atoms with Crippen LogP contribution in [0.4, 0.5) is 25.1 Å². The first kappa shape index (κ1) is 28.1. The number of nitrogens with zero attached hydrogens (tertiary/aromatic N) is 4. The highest BCUT2D eigenvalue weighted by Crippen LogP contribution is 2.36. The topological polar surface area (TPSA) is 122 Å². The minimum atomic E-state index is -3.23. The molecule has 0 bridgehead atoms. The van der Waals surface area contributed by atoms with E-state index in [1.54, 1.807) is 60.7 Å². The number of ether oxygens (including phenoxy) is 4. The van der Waals surface area contributed by atoms with Crippen molar-refractivity contribution >= 4 is 28.4 Å². The zero-order chi connectivity index (χ0) is 29.9. The van der Waals surface area contributed by atoms with Gasteiger partial charge in [0, 0.05) is 30.8 Å². The number of anilines is 2. The number of amides is 2. The first-order valence-electron chi connectivity index (χ1n) is 12.5. The monoisotopic (exact) mass is 576 g/mol. The van der Waals surface area contributed by atoms with Crippen molar-refractivity contribution in [2.45, 2.75) is 12.8 Å². The van der Waals surface area contributed by atoms with Crippen LogP contribution in [-0.4, -0.2) is 47.1 Å². The van der Waals surface area contributed by atoms with E-state index in [1.165, 1.54) is 32.3 Å². The number of benzene rings is 3. The number of carbonyl (C=O) groups is 1. The number of halogens is 2. The lowest BCUT2D eigenvalue weighted by Gasteiger charge is -2.13. The summed E-state index contributed by atoms with van der Waals surface area (Å²) in [6.07, 6.45) is 1.36. The van der Waals surface area contributed by atoms with Crippen molar-refractivity contribution in [3.63, 3.8) is 0 Å². The number of methoxy groups -OCH3 is 3. The number of fused-ring (bicyclic) bond motifs is 1. The Hall–Kier alpha value is -5.46. The van der Waals surface area contributed by atoms with Crippen LogP contribution in [0, 0.1) is 0 Å². The van der Waals surface area contributed by atoms with Gasteiger partial charge >= 0.3 is 6.03 Å². The fourth-order valence-corrected chi connectivity index (χ4v) is 4.07. The average molecular weight is 577 g/mol. The zero-order valence-corrected chi connectivity index (χ0v) is 23.0. The summed E-state index contributed by atoms with van der Waals surface area (Å²) >= 11 is 0. The molecule has 2 amide bonds. The van der Waals surface area contributed by atoms with E-state index < -0.39 is 17.6 Å². The minimum Gasteiger partial charge on any atom is -0.497 e. The molecule has 0 saturated heterocycles. The molecule has 0 fully saturated rings. The van der Waals surface area contributed by atoms with Crippen LogP contribution in [0.3, 0.4) is 0 Å². The van der Waals surface area contributed by atoms with Gasteiger partial charge in [0.25, 0.3) is 5.92 Å². The van der Waals surface area contributed by atoms with Crippen LogP contribution in [0.15, 0.2) is 73.1 Å². The first-order chi connectivity index (χ1) is 20.2. The second-order valence-electron chi connectivity index (χ2n) is 9.03. The van der Waals surface area contributed by atoms with Gasteiger partial charge in [0.15, 0.2) is 11.5 Å². The number of urea groups is 1. The molecule has 0 saturated carbocycles. The summed E-state index contributed by atoms with van der Waals surface area (Å²) in [5.41, 5.74) is 0.898. The number of nitrogens with one attached hydrogen (secondary N) is 2. The second-order valence-corrected chi connectivity index (χ2v) is 9.03. The summed E-state index contributed by atoms with van der Waals surface area (Å²) in [7, 11) is 4.56. The average Bonchev–Trinajstić information content (AvgIpc) is 3.41. The normalized spacial score (nSPS) is 11.2. The van der Waals surface area contributed by atoms with Gasteiger partial charge in [-0.05, 0) is 42.5 Å². The first-order valence-corrected chi connectivity index (χ1v) is 12.5. The Morgan fingerprint density at radius 2 is 1.60 bits per heavy atom. The smallest absolute Gasteiger partial charge is 0.324 e. The van der Waals surface area contributed by atoms with Gasteiger partial charge in [-0.2, -0.15) is 13.9 Å². The van der Waals surface area contributed by atoms with Crippen molar-refractivity contribution in [2.24, 2.45) is 0 Å². The Balaban J connectivity index is 1.36. The number of aromatic nitrogens is 4. The highest BCUT2D eigenvalue weighted by Gasteiger charge is 2.30. The van der Waals surface area contributed by atoms with E-state index >= 15 is 0 Å². The predicted molar refractivity (Wildman–Crippen MR) is 151 cm³/mol. The summed E-state index contributed by atoms with van der Waals surface area (Å²) in [5, 5.41) is 9.87. The lowest BCUT2D eigenvalue weighted by Crippen LogP contribution is -2.21. The molecule has 216 valence electrons. The van der Waals surface area contributed by atoms with Gasteiger partial charge in [0.1, 0.15) is 29.3 Å². The molecule has 11 nitrogen and oxygen atoms in total. The standard InChI is InChI=1S/C29H26F2N6O5/c1-29(30,31)25-15-26(37(36-25)18-8-10-19(39-2)11-9-18)35-28(38)34-17-6-5-7-20(12-17)42-27-21-13-23(40-3)24(41-4)14-22(21)32-16-33-27/h5-16H,1-4H3,(H2,34,35,38). The maximum Gasteiger partial charge on any atom is 0.324 e. The van der Waals surface area contributed by atoms with E-state index in [1.807, 2.05) is 0 Å². The lowest BCUT2D eigenvalue weighted by atomic mass is 10.2. The fraction of sp³-hybridized carbons (Fsp3) is 0.172. The van der Waals surface area contributed by atoms with E-state index in [2.05, 4.69) is 25.7 Å². The van der Waals surface area contributed by atoms with Crippen LogP contribution in [-0.2, 0) is 5.92 Å². The van der Waals surface area contributed by atoms with Crippen molar-refractivity contribution in [1.29, 1.82) is 0 Å². The maximum atomic E-state index is 14.1. The molecule has 0 aliphatic rings. The summed E-state index contributed by atoms with van der Waals surface area (Å²) in [6, 6.07) is 17.0. The molecular weight excluding hydrogens is 550 g/mol. The van der Waals surface area contributed by atoms with Crippen LogP contribution < -0.4 is 29.6 Å². The van der Waals surface area contributed by atoms with Crippen LogP contribution in [0.2, 0.25) is 0 Å². The van der Waals surface area contributed by atoms with Crippen molar-refractivity contribution in [3.05, 3.63) is 78.8 Å². The van der Waals surface area contributed by atoms with Crippen LogP contribution in [0.1, 0.15) is 12.6 Å². The second kappa shape index (κ2) is 11.6. The Bertz CT molecular complexity index is 1740. The lowest BCUT2D eigenvalue weighted by molar-refractivity contribution is 0.0124. The van der Waals surface area contributed by atoms with E-state index in [4.69, 9.17) is 18.9 Å². The third-order valence-electron chi connectivity index (χ3n) is 6.13. The third kappa shape index (κ3) is 5.99. The minimum absolute atomic E-state index is 0.0402. The molecule has 0 spiro atoms. The molecule has 5 rings (SSSR count). The Labute approximate surface area is 239 Å². The molecule has 0 atom stereocenters. The SMILES string of the molecule is COc1ccc(-n2nc(C(C)(F)F)cc2NC(=O)Nc2cccc(Oc3ncnc4cc(OC)c(OC)cc34)c2)cc1. The Morgan fingerprint density at radius 3 is 2.29 bits per heavy atom. The fourth-order valence-electron chi connectivity index (χ4n) is 4.07. The Kier molecular flexibility index (Phi) is 7.74. The maximum absolute atomic E-state index is 14.1. The molecule has 42 heavy (non-hydrogen) atoms. The molecule has 0 unspecified atom stereocenters. The number of carbonyl (C=O) groups excluding carboxylic acids is 1. The van der Waals surface area contributed by atoms with Gasteiger partial charge in [-0.25, -0.2) is 19.4 Å². The van der Waals surface area contributed by atoms with Gasteiger partial charge in [-0.15, -0.1) is 0 Å². The van der Waals surface area contributed by atoms with E-state index in [-0.39, 0.29) is 11.7 Å². The van der Waals surface area contributed by atoms with Crippen LogP contribution >= 0.6 is 0 Å². The third-order valence-corrected chi connectivity index (χ3v) is 6.13. The number of rotatable bonds is 9. The van der Waals surface area contributed by atoms with E-state index in [0.717, 1.165) is 13.0 Å². The van der Waals surface area contributed by atoms with Gasteiger partial charge in [-0.1, -0.05) is 6.07 Å². The molecule has 2 heterocycles. The van der Waals surface area contributed by atoms with Gasteiger partial charge in [-0.3, -0.25) is 5.32 Å². The number of hydrogen-bond acceptors (Lipinski definition) is 8. The van der Waals surface area contributed by atoms with Crippen LogP contribution in [0.25, 0.3) is 16.6 Å². The largest absolute Gasteiger partial charge is 0.497 e. The quantitative estimate of drug-likeness (QED) is 0.207. The van der Waals surface area contributed by atoms with E-state index in [0.29, 0.717) is 45.3 Å². The highest BCUT2D eigenvalue weighted by atomic mass is 19.3. The summed E-state index contributed by atoms with van der Waals surface area (Å²) in [5.74, 6) is -0.979. The van der Waals surface area contributed by atoms with Gasteiger partial charge in [0.05, 0.1) is 37.9 Å². The molecule has 13 heteroatoms. The molecule has 0 aliphatic heterocycles. The van der Waals surface area contributed by atoms with Crippen molar-refractivity contribution < 1.29 is 32.5 Å². The van der Waals surface area contributed by atoms with Gasteiger partial charge in [0.2, 0.25) is 5.88 Å². The number of hydrogen-bond donors (Lipinski definition) is 2. The highest BCUT2D eigenvalue weighted by molar-refractivity contribution is 5.99. The van der Waals surface area contributed by atoms with Crippen molar-refractivity contribution in [2.75, 3.05) is 32.0 Å². The van der Waals surface area contributed by atoms with Crippen LogP contribution in [0.5, 0.6) is 28.9 Å². The molecule has 2 aromatic heterocycles. The van der Waals surface area contributed by atoms with Crippen molar-refractivity contribution in [3.8, 4) is 34.6 Å². The molecule has 0 radical (unpaired) electrons. The molecule has 3 aromatic carbocycles. The predicted octanol–water partition coefficient (Wildman–Crippen LogP) is 6.39. The Morgan fingerprint density at radius 1 is 0.857 bits per heavy atom. The molecular formula is C29H26F2N6O5. The molecule has 2 N–H and O–H groups in total. The van der Waals surface area contributed by atoms with Crippen molar-refractivity contribution in [1.82, 2.24) is 19.7 Å². The zero-order valence-electron chi connectivity index (χ0n) is 23.0.